The average Bonchev–Trinajstić information content (AvgIpc) is 2.71. The molecule has 0 aliphatic heterocycles. The molecule has 21 heavy (non-hydrogen) atoms. The standard InChI is InChI=1S/C12H12BrN3O3S2/c1-6-11(7(2)19-15-6)21(17,18)16-10-4-3-8(13)5-9(10)12(14)20/h3-5,16H,1-2H3,(H2,14,20). The zero-order valence-electron chi connectivity index (χ0n) is 11.2. The second-order valence-electron chi connectivity index (χ2n) is 4.31. The Bertz CT molecular complexity index is 796. The Hall–Kier alpha value is -1.45. The van der Waals surface area contributed by atoms with E-state index >= 15 is 0 Å². The van der Waals surface area contributed by atoms with Crippen LogP contribution in [-0.4, -0.2) is 18.6 Å². The van der Waals surface area contributed by atoms with Gasteiger partial charge in [-0.2, -0.15) is 0 Å². The molecule has 0 unspecified atom stereocenters. The van der Waals surface area contributed by atoms with Gasteiger partial charge in [-0.25, -0.2) is 8.42 Å². The van der Waals surface area contributed by atoms with Gasteiger partial charge in [0.05, 0.1) is 5.69 Å². The van der Waals surface area contributed by atoms with Gasteiger partial charge in [0.25, 0.3) is 10.0 Å². The van der Waals surface area contributed by atoms with Crippen LogP contribution >= 0.6 is 28.1 Å². The summed E-state index contributed by atoms with van der Waals surface area (Å²) in [5.74, 6) is 0.217. The Labute approximate surface area is 135 Å². The van der Waals surface area contributed by atoms with E-state index in [-0.39, 0.29) is 21.3 Å². The third kappa shape index (κ3) is 3.25. The summed E-state index contributed by atoms with van der Waals surface area (Å²) in [5.41, 5.74) is 6.63. The number of anilines is 1. The van der Waals surface area contributed by atoms with E-state index in [0.29, 0.717) is 11.3 Å². The summed E-state index contributed by atoms with van der Waals surface area (Å²) >= 11 is 8.23. The summed E-state index contributed by atoms with van der Waals surface area (Å²) in [7, 11) is -3.84. The van der Waals surface area contributed by atoms with E-state index in [1.807, 2.05) is 0 Å². The summed E-state index contributed by atoms with van der Waals surface area (Å²) in [6.45, 7) is 3.09. The summed E-state index contributed by atoms with van der Waals surface area (Å²) in [6, 6.07) is 4.91. The van der Waals surface area contributed by atoms with Gasteiger partial charge in [-0.1, -0.05) is 33.3 Å². The van der Waals surface area contributed by atoms with Crippen molar-refractivity contribution in [2.24, 2.45) is 5.73 Å². The number of rotatable bonds is 4. The molecule has 0 bridgehead atoms. The topological polar surface area (TPSA) is 98.2 Å². The monoisotopic (exact) mass is 389 g/mol. The summed E-state index contributed by atoms with van der Waals surface area (Å²) in [4.78, 5) is 0.104. The maximum absolute atomic E-state index is 12.5. The second kappa shape index (κ2) is 5.74. The largest absolute Gasteiger partial charge is 0.389 e. The lowest BCUT2D eigenvalue weighted by Crippen LogP contribution is -2.19. The molecule has 2 rings (SSSR count). The van der Waals surface area contributed by atoms with E-state index in [2.05, 4.69) is 25.8 Å². The number of aromatic nitrogens is 1. The number of hydrogen-bond donors (Lipinski definition) is 2. The fourth-order valence-electron chi connectivity index (χ4n) is 1.86. The van der Waals surface area contributed by atoms with Crippen molar-refractivity contribution < 1.29 is 12.9 Å². The van der Waals surface area contributed by atoms with Crippen molar-refractivity contribution in [3.05, 3.63) is 39.7 Å². The Balaban J connectivity index is 2.50. The van der Waals surface area contributed by atoms with E-state index in [4.69, 9.17) is 22.5 Å². The normalized spacial score (nSPS) is 11.4. The van der Waals surface area contributed by atoms with Crippen molar-refractivity contribution in [1.82, 2.24) is 5.16 Å². The minimum Gasteiger partial charge on any atom is -0.389 e. The molecule has 0 aliphatic rings. The lowest BCUT2D eigenvalue weighted by atomic mass is 10.2. The van der Waals surface area contributed by atoms with Crippen LogP contribution in [0.5, 0.6) is 0 Å². The van der Waals surface area contributed by atoms with Crippen molar-refractivity contribution in [3.8, 4) is 0 Å². The van der Waals surface area contributed by atoms with Gasteiger partial charge < -0.3 is 10.3 Å². The number of benzene rings is 1. The highest BCUT2D eigenvalue weighted by molar-refractivity contribution is 9.10. The van der Waals surface area contributed by atoms with Crippen molar-refractivity contribution in [3.63, 3.8) is 0 Å². The van der Waals surface area contributed by atoms with Crippen LogP contribution in [-0.2, 0) is 10.0 Å². The van der Waals surface area contributed by atoms with Gasteiger partial charge in [0.15, 0.2) is 10.7 Å². The van der Waals surface area contributed by atoms with Gasteiger partial charge in [-0.15, -0.1) is 0 Å². The van der Waals surface area contributed by atoms with Gasteiger partial charge >= 0.3 is 0 Å². The minimum atomic E-state index is -3.84. The smallest absolute Gasteiger partial charge is 0.267 e. The van der Waals surface area contributed by atoms with Crippen LogP contribution < -0.4 is 10.5 Å². The SMILES string of the molecule is Cc1noc(C)c1S(=O)(=O)Nc1ccc(Br)cc1C(N)=S. The number of nitrogens with two attached hydrogens (primary N) is 1. The van der Waals surface area contributed by atoms with Crippen molar-refractivity contribution >= 4 is 48.8 Å². The molecule has 0 saturated carbocycles. The molecular formula is C12H12BrN3O3S2. The first-order valence-electron chi connectivity index (χ1n) is 5.77. The number of nitrogens with zero attached hydrogens (tertiary/aromatic N) is 1. The van der Waals surface area contributed by atoms with Crippen LogP contribution in [0.3, 0.4) is 0 Å². The number of nitrogens with one attached hydrogen (secondary N) is 1. The molecule has 0 atom stereocenters. The van der Waals surface area contributed by atoms with E-state index in [9.17, 15) is 8.42 Å². The Morgan fingerprint density at radius 2 is 2.10 bits per heavy atom. The molecule has 9 heteroatoms. The zero-order chi connectivity index (χ0) is 15.8. The van der Waals surface area contributed by atoms with Crippen molar-refractivity contribution in [2.45, 2.75) is 18.7 Å². The number of thiocarbonyl (C=S) groups is 1. The highest BCUT2D eigenvalue weighted by atomic mass is 79.9. The molecule has 0 radical (unpaired) electrons. The van der Waals surface area contributed by atoms with E-state index in [0.717, 1.165) is 4.47 Å². The minimum absolute atomic E-state index is 0.0132. The molecular weight excluding hydrogens is 378 g/mol. The Kier molecular flexibility index (Phi) is 4.35. The number of sulfonamides is 1. The van der Waals surface area contributed by atoms with Crippen molar-refractivity contribution in [2.75, 3.05) is 4.72 Å². The molecule has 0 saturated heterocycles. The fraction of sp³-hybridized carbons (Fsp3) is 0.167. The molecule has 0 aliphatic carbocycles. The van der Waals surface area contributed by atoms with E-state index < -0.39 is 10.0 Å². The highest BCUT2D eigenvalue weighted by Gasteiger charge is 2.25. The molecule has 0 spiro atoms. The summed E-state index contributed by atoms with van der Waals surface area (Å²) < 4.78 is 33.0. The van der Waals surface area contributed by atoms with Gasteiger partial charge in [-0.05, 0) is 32.0 Å². The first-order chi connectivity index (χ1) is 9.72. The molecule has 0 amide bonds. The lowest BCUT2D eigenvalue weighted by molar-refractivity contribution is 0.390. The van der Waals surface area contributed by atoms with E-state index in [1.54, 1.807) is 25.1 Å². The third-order valence-corrected chi connectivity index (χ3v) is 5.05. The molecule has 6 nitrogen and oxygen atoms in total. The first-order valence-corrected chi connectivity index (χ1v) is 8.46. The predicted molar refractivity (Wildman–Crippen MR) is 86.8 cm³/mol. The zero-order valence-corrected chi connectivity index (χ0v) is 14.4. The van der Waals surface area contributed by atoms with Crippen molar-refractivity contribution in [1.29, 1.82) is 0 Å². The van der Waals surface area contributed by atoms with E-state index in [1.165, 1.54) is 6.92 Å². The highest BCUT2D eigenvalue weighted by Crippen LogP contribution is 2.26. The van der Waals surface area contributed by atoms with Crippen LogP contribution in [0, 0.1) is 13.8 Å². The first kappa shape index (κ1) is 15.9. The van der Waals surface area contributed by atoms with Gasteiger partial charge in [0.2, 0.25) is 0 Å². The molecule has 0 fully saturated rings. The van der Waals surface area contributed by atoms with Gasteiger partial charge in [0.1, 0.15) is 10.7 Å². The van der Waals surface area contributed by atoms with Crippen LogP contribution in [0.15, 0.2) is 32.1 Å². The Morgan fingerprint density at radius 3 is 2.62 bits per heavy atom. The van der Waals surface area contributed by atoms with Gasteiger partial charge in [0, 0.05) is 10.0 Å². The molecule has 2 aromatic rings. The predicted octanol–water partition coefficient (Wildman–Crippen LogP) is 2.49. The third-order valence-electron chi connectivity index (χ3n) is 2.73. The quantitative estimate of drug-likeness (QED) is 0.779. The Morgan fingerprint density at radius 1 is 1.43 bits per heavy atom. The molecule has 1 heterocycles. The summed E-state index contributed by atoms with van der Waals surface area (Å²) in [6.07, 6.45) is 0. The summed E-state index contributed by atoms with van der Waals surface area (Å²) in [5, 5.41) is 3.64. The average molecular weight is 390 g/mol. The fourth-order valence-corrected chi connectivity index (χ4v) is 3.80. The maximum Gasteiger partial charge on any atom is 0.267 e. The lowest BCUT2D eigenvalue weighted by Gasteiger charge is -2.12. The van der Waals surface area contributed by atoms with Crippen LogP contribution in [0.4, 0.5) is 5.69 Å². The van der Waals surface area contributed by atoms with Gasteiger partial charge in [-0.3, -0.25) is 4.72 Å². The number of aryl methyl sites for hydroxylation is 2. The molecule has 112 valence electrons. The number of halogens is 1. The van der Waals surface area contributed by atoms with Crippen LogP contribution in [0.1, 0.15) is 17.0 Å². The maximum atomic E-state index is 12.5. The molecule has 1 aromatic heterocycles. The molecule has 3 N–H and O–H groups in total. The van der Waals surface area contributed by atoms with Crippen LogP contribution in [0.25, 0.3) is 0 Å². The molecule has 1 aromatic carbocycles. The second-order valence-corrected chi connectivity index (χ2v) is 7.29. The van der Waals surface area contributed by atoms with Crippen LogP contribution in [0.2, 0.25) is 0 Å². The number of hydrogen-bond acceptors (Lipinski definition) is 5.